The fourth-order valence-electron chi connectivity index (χ4n) is 2.06. The Morgan fingerprint density at radius 3 is 2.76 bits per heavy atom. The van der Waals surface area contributed by atoms with Crippen molar-refractivity contribution in [1.82, 2.24) is 15.1 Å². The Hall–Kier alpha value is -1.83. The maximum atomic E-state index is 12.2. The van der Waals surface area contributed by atoms with Gasteiger partial charge in [-0.3, -0.25) is 9.59 Å². The molecule has 0 aromatic heterocycles. The summed E-state index contributed by atoms with van der Waals surface area (Å²) in [5.41, 5.74) is 0. The van der Waals surface area contributed by atoms with E-state index in [1.165, 1.54) is 9.80 Å². The van der Waals surface area contributed by atoms with Gasteiger partial charge in [0.25, 0.3) is 0 Å². The van der Waals surface area contributed by atoms with Crippen LogP contribution in [0.4, 0.5) is 4.79 Å². The van der Waals surface area contributed by atoms with E-state index in [2.05, 4.69) is 5.32 Å². The molecule has 8 nitrogen and oxygen atoms in total. The molecule has 1 fully saturated rings. The van der Waals surface area contributed by atoms with Crippen LogP contribution in [0.25, 0.3) is 0 Å². The SMILES string of the molecule is CCCNC(=O)CN(C)C(=O)N1CCOC(CC(=O)O)C1. The maximum absolute atomic E-state index is 12.2. The van der Waals surface area contributed by atoms with Crippen molar-refractivity contribution in [1.29, 1.82) is 0 Å². The third-order valence-electron chi connectivity index (χ3n) is 3.09. The maximum Gasteiger partial charge on any atom is 0.320 e. The van der Waals surface area contributed by atoms with Gasteiger partial charge in [-0.05, 0) is 6.42 Å². The molecule has 0 spiro atoms. The van der Waals surface area contributed by atoms with Crippen molar-refractivity contribution in [3.63, 3.8) is 0 Å². The number of carbonyl (C=O) groups is 3. The van der Waals surface area contributed by atoms with E-state index >= 15 is 0 Å². The summed E-state index contributed by atoms with van der Waals surface area (Å²) in [4.78, 5) is 37.3. The zero-order valence-corrected chi connectivity index (χ0v) is 12.5. The van der Waals surface area contributed by atoms with E-state index in [1.54, 1.807) is 7.05 Å². The topological polar surface area (TPSA) is 99.2 Å². The number of morpholine rings is 1. The van der Waals surface area contributed by atoms with Crippen molar-refractivity contribution >= 4 is 17.9 Å². The van der Waals surface area contributed by atoms with Crippen LogP contribution in [0.3, 0.4) is 0 Å². The zero-order valence-electron chi connectivity index (χ0n) is 12.5. The molecule has 1 saturated heterocycles. The van der Waals surface area contributed by atoms with Crippen LogP contribution in [0.5, 0.6) is 0 Å². The third kappa shape index (κ3) is 5.99. The van der Waals surface area contributed by atoms with Crippen molar-refractivity contribution in [2.24, 2.45) is 0 Å². The number of nitrogens with one attached hydrogen (secondary N) is 1. The molecule has 0 radical (unpaired) electrons. The standard InChI is InChI=1S/C13H23N3O5/c1-3-4-14-11(17)9-15(2)13(20)16-5-6-21-10(8-16)7-12(18)19/h10H,3-9H2,1-2H3,(H,14,17)(H,18,19). The summed E-state index contributed by atoms with van der Waals surface area (Å²) >= 11 is 0. The highest BCUT2D eigenvalue weighted by Crippen LogP contribution is 2.10. The fraction of sp³-hybridized carbons (Fsp3) is 0.769. The first kappa shape index (κ1) is 17.2. The Bertz CT molecular complexity index is 388. The van der Waals surface area contributed by atoms with Gasteiger partial charge in [-0.25, -0.2) is 4.79 Å². The predicted octanol–water partition coefficient (Wildman–Crippen LogP) is -0.260. The van der Waals surface area contributed by atoms with E-state index in [9.17, 15) is 14.4 Å². The van der Waals surface area contributed by atoms with Crippen LogP contribution in [0.2, 0.25) is 0 Å². The number of nitrogens with zero attached hydrogens (tertiary/aromatic N) is 2. The Morgan fingerprint density at radius 2 is 2.14 bits per heavy atom. The number of hydrogen-bond donors (Lipinski definition) is 2. The molecular formula is C13H23N3O5. The molecule has 1 unspecified atom stereocenters. The minimum absolute atomic E-state index is 0.0141. The number of carboxylic acid groups (broad SMARTS) is 1. The lowest BCUT2D eigenvalue weighted by atomic mass is 10.2. The lowest BCUT2D eigenvalue weighted by molar-refractivity contribution is -0.141. The molecule has 21 heavy (non-hydrogen) atoms. The van der Waals surface area contributed by atoms with Gasteiger partial charge in [0.05, 0.1) is 19.1 Å². The van der Waals surface area contributed by atoms with Crippen molar-refractivity contribution in [2.75, 3.05) is 39.8 Å². The summed E-state index contributed by atoms with van der Waals surface area (Å²) < 4.78 is 5.31. The molecule has 3 amide bonds. The molecule has 0 saturated carbocycles. The van der Waals surface area contributed by atoms with Gasteiger partial charge in [-0.2, -0.15) is 0 Å². The normalized spacial score (nSPS) is 18.2. The van der Waals surface area contributed by atoms with Crippen LogP contribution in [-0.4, -0.2) is 78.8 Å². The lowest BCUT2D eigenvalue weighted by Gasteiger charge is -2.34. The Labute approximate surface area is 124 Å². The monoisotopic (exact) mass is 301 g/mol. The van der Waals surface area contributed by atoms with Gasteiger partial charge in [-0.1, -0.05) is 6.92 Å². The fourth-order valence-corrected chi connectivity index (χ4v) is 2.06. The zero-order chi connectivity index (χ0) is 15.8. The number of hydrogen-bond acceptors (Lipinski definition) is 4. The molecule has 1 rings (SSSR count). The second-order valence-corrected chi connectivity index (χ2v) is 5.03. The summed E-state index contributed by atoms with van der Waals surface area (Å²) in [6.45, 7) is 3.45. The number of rotatable bonds is 6. The van der Waals surface area contributed by atoms with E-state index in [1.807, 2.05) is 6.92 Å². The number of urea groups is 1. The molecule has 1 heterocycles. The van der Waals surface area contributed by atoms with Crippen LogP contribution in [0.1, 0.15) is 19.8 Å². The highest BCUT2D eigenvalue weighted by Gasteiger charge is 2.28. The summed E-state index contributed by atoms with van der Waals surface area (Å²) in [7, 11) is 1.55. The molecule has 0 bridgehead atoms. The van der Waals surface area contributed by atoms with Crippen LogP contribution in [0.15, 0.2) is 0 Å². The second kappa shape index (κ2) is 8.46. The highest BCUT2D eigenvalue weighted by molar-refractivity contribution is 5.84. The molecular weight excluding hydrogens is 278 g/mol. The van der Waals surface area contributed by atoms with Crippen LogP contribution >= 0.6 is 0 Å². The van der Waals surface area contributed by atoms with Gasteiger partial charge in [-0.15, -0.1) is 0 Å². The lowest BCUT2D eigenvalue weighted by Crippen LogP contribution is -2.52. The summed E-state index contributed by atoms with van der Waals surface area (Å²) in [6, 6.07) is -0.291. The Morgan fingerprint density at radius 1 is 1.43 bits per heavy atom. The molecule has 8 heteroatoms. The number of amides is 3. The van der Waals surface area contributed by atoms with Gasteiger partial charge >= 0.3 is 12.0 Å². The number of ether oxygens (including phenoxy) is 1. The molecule has 1 aliphatic rings. The molecule has 1 aliphatic heterocycles. The van der Waals surface area contributed by atoms with E-state index in [-0.39, 0.29) is 31.4 Å². The number of carbonyl (C=O) groups excluding carboxylic acids is 2. The average molecular weight is 301 g/mol. The van der Waals surface area contributed by atoms with Gasteiger partial charge in [0.15, 0.2) is 0 Å². The van der Waals surface area contributed by atoms with Crippen LogP contribution in [-0.2, 0) is 14.3 Å². The van der Waals surface area contributed by atoms with Crippen LogP contribution in [0, 0.1) is 0 Å². The summed E-state index contributed by atoms with van der Waals surface area (Å²) in [5, 5.41) is 11.5. The smallest absolute Gasteiger partial charge is 0.320 e. The minimum Gasteiger partial charge on any atom is -0.481 e. The predicted molar refractivity (Wildman–Crippen MR) is 74.9 cm³/mol. The highest BCUT2D eigenvalue weighted by atomic mass is 16.5. The number of likely N-dealkylation sites (N-methyl/N-ethyl adjacent to an activating group) is 1. The summed E-state index contributed by atoms with van der Waals surface area (Å²) in [5.74, 6) is -1.16. The van der Waals surface area contributed by atoms with Crippen molar-refractivity contribution in [2.45, 2.75) is 25.9 Å². The second-order valence-electron chi connectivity index (χ2n) is 5.03. The molecule has 0 aromatic carbocycles. The van der Waals surface area contributed by atoms with Gasteiger partial charge < -0.3 is 25.0 Å². The van der Waals surface area contributed by atoms with E-state index < -0.39 is 12.1 Å². The van der Waals surface area contributed by atoms with Gasteiger partial charge in [0.1, 0.15) is 6.54 Å². The Kier molecular flexibility index (Phi) is 6.93. The minimum atomic E-state index is -0.957. The van der Waals surface area contributed by atoms with Crippen LogP contribution < -0.4 is 5.32 Å². The van der Waals surface area contributed by atoms with Crippen molar-refractivity contribution in [3.8, 4) is 0 Å². The summed E-state index contributed by atoms with van der Waals surface area (Å²) in [6.07, 6.45) is 0.205. The first-order valence-electron chi connectivity index (χ1n) is 7.04. The molecule has 2 N–H and O–H groups in total. The molecule has 0 aromatic rings. The van der Waals surface area contributed by atoms with Crippen molar-refractivity contribution in [3.05, 3.63) is 0 Å². The first-order chi connectivity index (χ1) is 9.93. The molecule has 120 valence electrons. The van der Waals surface area contributed by atoms with E-state index in [0.717, 1.165) is 6.42 Å². The van der Waals surface area contributed by atoms with Gasteiger partial charge in [0.2, 0.25) is 5.91 Å². The number of aliphatic carboxylic acids is 1. The van der Waals surface area contributed by atoms with Gasteiger partial charge in [0, 0.05) is 26.7 Å². The number of carboxylic acids is 1. The van der Waals surface area contributed by atoms with Crippen molar-refractivity contribution < 1.29 is 24.2 Å². The molecule has 1 atom stereocenters. The third-order valence-corrected chi connectivity index (χ3v) is 3.09. The quantitative estimate of drug-likeness (QED) is 0.704. The van der Waals surface area contributed by atoms with E-state index in [0.29, 0.717) is 19.7 Å². The Balaban J connectivity index is 2.45. The molecule has 0 aliphatic carbocycles. The largest absolute Gasteiger partial charge is 0.481 e. The average Bonchev–Trinajstić information content (AvgIpc) is 2.43. The van der Waals surface area contributed by atoms with E-state index in [4.69, 9.17) is 9.84 Å². The first-order valence-corrected chi connectivity index (χ1v) is 7.04.